The summed E-state index contributed by atoms with van der Waals surface area (Å²) in [5.74, 6) is -1.39. The van der Waals surface area contributed by atoms with Gasteiger partial charge in [0.1, 0.15) is 5.56 Å². The van der Waals surface area contributed by atoms with Crippen molar-refractivity contribution in [2.24, 2.45) is 0 Å². The maximum atomic E-state index is 11.6. The molecule has 88 valence electrons. The molecule has 0 amide bonds. The molecule has 0 aliphatic carbocycles. The number of phenols is 2. The van der Waals surface area contributed by atoms with Crippen LogP contribution in [0.3, 0.4) is 0 Å². The van der Waals surface area contributed by atoms with Gasteiger partial charge in [-0.25, -0.2) is 4.79 Å². The van der Waals surface area contributed by atoms with Crippen LogP contribution < -0.4 is 0 Å². The molecule has 4 nitrogen and oxygen atoms in total. The van der Waals surface area contributed by atoms with E-state index in [1.165, 1.54) is 6.07 Å². The molecule has 0 fully saturated rings. The Morgan fingerprint density at radius 1 is 1.24 bits per heavy atom. The third kappa shape index (κ3) is 1.89. The van der Waals surface area contributed by atoms with Gasteiger partial charge in [-0.15, -0.1) is 0 Å². The third-order valence-corrected chi connectivity index (χ3v) is 2.49. The molecule has 0 saturated heterocycles. The Kier molecular flexibility index (Phi) is 2.87. The largest absolute Gasteiger partial charge is 0.504 e. The first kappa shape index (κ1) is 11.3. The van der Waals surface area contributed by atoms with Gasteiger partial charge in [0.05, 0.1) is 6.61 Å². The van der Waals surface area contributed by atoms with Crippen LogP contribution in [0.25, 0.3) is 10.8 Å². The fourth-order valence-electron chi connectivity index (χ4n) is 1.68. The van der Waals surface area contributed by atoms with Gasteiger partial charge in [-0.3, -0.25) is 0 Å². The van der Waals surface area contributed by atoms with Crippen molar-refractivity contribution in [3.8, 4) is 11.5 Å². The summed E-state index contributed by atoms with van der Waals surface area (Å²) in [6.07, 6.45) is 0. The topological polar surface area (TPSA) is 66.8 Å². The number of fused-ring (bicyclic) bond motifs is 1. The number of rotatable bonds is 2. The Balaban J connectivity index is 2.65. The highest BCUT2D eigenvalue weighted by atomic mass is 16.5. The number of hydrogen-bond acceptors (Lipinski definition) is 4. The number of phenolic OH excluding ortho intramolecular Hbond substituents is 2. The molecule has 0 aliphatic rings. The van der Waals surface area contributed by atoms with Crippen LogP contribution in [0.1, 0.15) is 17.3 Å². The molecule has 2 aromatic carbocycles. The molecule has 2 aromatic rings. The highest BCUT2D eigenvalue weighted by Crippen LogP contribution is 2.37. The summed E-state index contributed by atoms with van der Waals surface area (Å²) < 4.78 is 4.80. The van der Waals surface area contributed by atoms with Crippen molar-refractivity contribution in [1.82, 2.24) is 0 Å². The minimum atomic E-state index is -0.647. The molecule has 0 bridgehead atoms. The van der Waals surface area contributed by atoms with Crippen molar-refractivity contribution >= 4 is 16.7 Å². The van der Waals surface area contributed by atoms with Gasteiger partial charge in [-0.2, -0.15) is 0 Å². The Bertz CT molecular complexity index is 575. The predicted octanol–water partition coefficient (Wildman–Crippen LogP) is 2.43. The smallest absolute Gasteiger partial charge is 0.342 e. The maximum absolute atomic E-state index is 11.6. The average molecular weight is 232 g/mol. The predicted molar refractivity (Wildman–Crippen MR) is 63.2 cm³/mol. The van der Waals surface area contributed by atoms with E-state index in [-0.39, 0.29) is 17.9 Å². The van der Waals surface area contributed by atoms with Crippen LogP contribution in [-0.4, -0.2) is 22.8 Å². The standard InChI is InChI=1S/C13H12O4/c1-2-17-13(16)10-7-8-5-3-4-6-9(8)11(14)12(10)15/h3-7,14-15H,2H2,1H3. The highest BCUT2D eigenvalue weighted by Gasteiger charge is 2.18. The number of aromatic hydroxyl groups is 2. The van der Waals surface area contributed by atoms with Gasteiger partial charge >= 0.3 is 5.97 Å². The minimum absolute atomic E-state index is 0.0250. The summed E-state index contributed by atoms with van der Waals surface area (Å²) >= 11 is 0. The van der Waals surface area contributed by atoms with E-state index in [4.69, 9.17) is 4.74 Å². The van der Waals surface area contributed by atoms with Gasteiger partial charge in [0.15, 0.2) is 11.5 Å². The lowest BCUT2D eigenvalue weighted by Gasteiger charge is -2.08. The SMILES string of the molecule is CCOC(=O)c1cc2ccccc2c(O)c1O. The van der Waals surface area contributed by atoms with E-state index in [1.807, 2.05) is 0 Å². The van der Waals surface area contributed by atoms with E-state index in [9.17, 15) is 15.0 Å². The van der Waals surface area contributed by atoms with E-state index in [0.29, 0.717) is 10.8 Å². The summed E-state index contributed by atoms with van der Waals surface area (Å²) in [5, 5.41) is 20.7. The first-order chi connectivity index (χ1) is 8.15. The van der Waals surface area contributed by atoms with E-state index in [0.717, 1.165) is 0 Å². The minimum Gasteiger partial charge on any atom is -0.504 e. The van der Waals surface area contributed by atoms with E-state index < -0.39 is 11.7 Å². The van der Waals surface area contributed by atoms with Crippen molar-refractivity contribution < 1.29 is 19.7 Å². The summed E-state index contributed by atoms with van der Waals surface area (Å²) in [6, 6.07) is 8.44. The normalized spacial score (nSPS) is 10.4. The fourth-order valence-corrected chi connectivity index (χ4v) is 1.68. The number of benzene rings is 2. The van der Waals surface area contributed by atoms with E-state index in [1.54, 1.807) is 31.2 Å². The zero-order valence-corrected chi connectivity index (χ0v) is 9.30. The summed E-state index contributed by atoms with van der Waals surface area (Å²) in [6.45, 7) is 1.89. The van der Waals surface area contributed by atoms with Gasteiger partial charge in [0.25, 0.3) is 0 Å². The Morgan fingerprint density at radius 3 is 2.65 bits per heavy atom. The zero-order valence-electron chi connectivity index (χ0n) is 9.30. The second kappa shape index (κ2) is 4.33. The molecule has 2 N–H and O–H groups in total. The van der Waals surface area contributed by atoms with Crippen molar-refractivity contribution in [2.75, 3.05) is 6.61 Å². The molecule has 0 radical (unpaired) electrons. The molecule has 0 atom stereocenters. The second-order valence-electron chi connectivity index (χ2n) is 3.56. The van der Waals surface area contributed by atoms with Gasteiger partial charge in [0.2, 0.25) is 0 Å². The first-order valence-corrected chi connectivity index (χ1v) is 5.26. The highest BCUT2D eigenvalue weighted by molar-refractivity contribution is 6.01. The van der Waals surface area contributed by atoms with Crippen LogP contribution in [0.2, 0.25) is 0 Å². The number of hydrogen-bond donors (Lipinski definition) is 2. The van der Waals surface area contributed by atoms with Crippen LogP contribution in [0.4, 0.5) is 0 Å². The molecule has 0 saturated carbocycles. The third-order valence-electron chi connectivity index (χ3n) is 2.49. The van der Waals surface area contributed by atoms with Gasteiger partial charge < -0.3 is 14.9 Å². The molecule has 0 unspecified atom stereocenters. The fraction of sp³-hybridized carbons (Fsp3) is 0.154. The number of esters is 1. The summed E-state index contributed by atoms with van der Waals surface area (Å²) in [5.41, 5.74) is -0.0250. The van der Waals surface area contributed by atoms with Crippen molar-refractivity contribution in [1.29, 1.82) is 0 Å². The lowest BCUT2D eigenvalue weighted by atomic mass is 10.0. The number of ether oxygens (including phenoxy) is 1. The Labute approximate surface area is 98.1 Å². The molecule has 0 aromatic heterocycles. The van der Waals surface area contributed by atoms with E-state index in [2.05, 4.69) is 0 Å². The van der Waals surface area contributed by atoms with Crippen LogP contribution in [-0.2, 0) is 4.74 Å². The Morgan fingerprint density at radius 2 is 1.94 bits per heavy atom. The zero-order chi connectivity index (χ0) is 12.4. The van der Waals surface area contributed by atoms with Gasteiger partial charge in [0, 0.05) is 5.39 Å². The van der Waals surface area contributed by atoms with Crippen LogP contribution in [0.5, 0.6) is 11.5 Å². The van der Waals surface area contributed by atoms with Crippen molar-refractivity contribution in [3.05, 3.63) is 35.9 Å². The Hall–Kier alpha value is -2.23. The summed E-state index contributed by atoms with van der Waals surface area (Å²) in [4.78, 5) is 11.6. The molecule has 0 aliphatic heterocycles. The van der Waals surface area contributed by atoms with Crippen LogP contribution in [0, 0.1) is 0 Å². The monoisotopic (exact) mass is 232 g/mol. The van der Waals surface area contributed by atoms with Crippen molar-refractivity contribution in [2.45, 2.75) is 6.92 Å². The molecular formula is C13H12O4. The molecule has 17 heavy (non-hydrogen) atoms. The maximum Gasteiger partial charge on any atom is 0.342 e. The van der Waals surface area contributed by atoms with E-state index >= 15 is 0 Å². The lowest BCUT2D eigenvalue weighted by Crippen LogP contribution is -2.05. The average Bonchev–Trinajstić information content (AvgIpc) is 2.34. The number of carbonyl (C=O) groups excluding carboxylic acids is 1. The first-order valence-electron chi connectivity index (χ1n) is 5.26. The van der Waals surface area contributed by atoms with Crippen molar-refractivity contribution in [3.63, 3.8) is 0 Å². The molecular weight excluding hydrogens is 220 g/mol. The van der Waals surface area contributed by atoms with Gasteiger partial charge in [-0.05, 0) is 18.4 Å². The van der Waals surface area contributed by atoms with Gasteiger partial charge in [-0.1, -0.05) is 24.3 Å². The van der Waals surface area contributed by atoms with Crippen LogP contribution >= 0.6 is 0 Å². The number of carbonyl (C=O) groups is 1. The second-order valence-corrected chi connectivity index (χ2v) is 3.56. The molecule has 2 rings (SSSR count). The summed E-state index contributed by atoms with van der Waals surface area (Å²) in [7, 11) is 0. The quantitative estimate of drug-likeness (QED) is 0.616. The molecule has 0 heterocycles. The molecule has 4 heteroatoms. The van der Waals surface area contributed by atoms with Crippen LogP contribution in [0.15, 0.2) is 30.3 Å². The molecule has 0 spiro atoms. The lowest BCUT2D eigenvalue weighted by molar-refractivity contribution is 0.0522.